The number of rotatable bonds is 1. The van der Waals surface area contributed by atoms with Crippen LogP contribution in [0.1, 0.15) is 39.0 Å². The summed E-state index contributed by atoms with van der Waals surface area (Å²) in [5.41, 5.74) is 0. The van der Waals surface area contributed by atoms with Gasteiger partial charge in [-0.3, -0.25) is 4.79 Å². The maximum atomic E-state index is 11.8. The third-order valence-corrected chi connectivity index (χ3v) is 3.45. The van der Waals surface area contributed by atoms with E-state index in [0.717, 1.165) is 6.54 Å². The van der Waals surface area contributed by atoms with Gasteiger partial charge in [0.1, 0.15) is 0 Å². The predicted octanol–water partition coefficient (Wildman–Crippen LogP) is 1.14. The van der Waals surface area contributed by atoms with Gasteiger partial charge in [-0.25, -0.2) is 0 Å². The summed E-state index contributed by atoms with van der Waals surface area (Å²) in [4.78, 5) is 13.9. The zero-order chi connectivity index (χ0) is 9.97. The number of piperazine rings is 1. The normalized spacial score (nSPS) is 30.8. The van der Waals surface area contributed by atoms with Crippen LogP contribution in [-0.4, -0.2) is 36.0 Å². The van der Waals surface area contributed by atoms with Crippen LogP contribution in [0.4, 0.5) is 0 Å². The van der Waals surface area contributed by atoms with Crippen LogP contribution in [-0.2, 0) is 4.79 Å². The van der Waals surface area contributed by atoms with E-state index in [9.17, 15) is 4.79 Å². The summed E-state index contributed by atoms with van der Waals surface area (Å²) >= 11 is 0. The molecule has 0 radical (unpaired) electrons. The largest absolute Gasteiger partial charge is 0.335 e. The highest BCUT2D eigenvalue weighted by Gasteiger charge is 2.31. The van der Waals surface area contributed by atoms with E-state index in [1.165, 1.54) is 32.1 Å². The third kappa shape index (κ3) is 1.92. The van der Waals surface area contributed by atoms with E-state index in [1.54, 1.807) is 0 Å². The van der Waals surface area contributed by atoms with Crippen molar-refractivity contribution in [1.29, 1.82) is 0 Å². The maximum absolute atomic E-state index is 11.8. The first kappa shape index (κ1) is 9.97. The van der Waals surface area contributed by atoms with Crippen molar-refractivity contribution in [2.24, 2.45) is 0 Å². The molecule has 2 aliphatic rings. The van der Waals surface area contributed by atoms with Crippen molar-refractivity contribution >= 4 is 5.91 Å². The van der Waals surface area contributed by atoms with Gasteiger partial charge in [0.25, 0.3) is 0 Å². The number of carbonyl (C=O) groups excluding carboxylic acids is 1. The Hall–Kier alpha value is -0.570. The lowest BCUT2D eigenvalue weighted by Gasteiger charge is -2.41. The molecule has 80 valence electrons. The Morgan fingerprint density at radius 2 is 2.00 bits per heavy atom. The fourth-order valence-corrected chi connectivity index (χ4v) is 2.75. The molecule has 1 saturated heterocycles. The highest BCUT2D eigenvalue weighted by atomic mass is 16.2. The van der Waals surface area contributed by atoms with Crippen LogP contribution < -0.4 is 5.32 Å². The number of hydrogen-bond donors (Lipinski definition) is 1. The Morgan fingerprint density at radius 3 is 2.64 bits per heavy atom. The van der Waals surface area contributed by atoms with Crippen molar-refractivity contribution < 1.29 is 4.79 Å². The molecule has 2 fully saturated rings. The van der Waals surface area contributed by atoms with Crippen LogP contribution in [0.2, 0.25) is 0 Å². The number of amides is 1. The second-order valence-electron chi connectivity index (χ2n) is 4.57. The lowest BCUT2D eigenvalue weighted by molar-refractivity contribution is -0.138. The Morgan fingerprint density at radius 1 is 1.29 bits per heavy atom. The summed E-state index contributed by atoms with van der Waals surface area (Å²) in [7, 11) is 0. The standard InChI is InChI=1S/C11H20N2O/c1-9-7-12-8-11(14)13(9)10-5-3-2-4-6-10/h9-10,12H,2-8H2,1H3. The molecular weight excluding hydrogens is 176 g/mol. The molecule has 1 heterocycles. The van der Waals surface area contributed by atoms with Crippen LogP contribution in [0, 0.1) is 0 Å². The van der Waals surface area contributed by atoms with Crippen molar-refractivity contribution in [1.82, 2.24) is 10.2 Å². The van der Waals surface area contributed by atoms with E-state index in [4.69, 9.17) is 0 Å². The molecule has 0 aromatic heterocycles. The lowest BCUT2D eigenvalue weighted by atomic mass is 9.92. The van der Waals surface area contributed by atoms with Crippen molar-refractivity contribution in [2.45, 2.75) is 51.1 Å². The topological polar surface area (TPSA) is 32.3 Å². The van der Waals surface area contributed by atoms with Gasteiger partial charge in [0.15, 0.2) is 0 Å². The molecule has 2 rings (SSSR count). The molecule has 3 nitrogen and oxygen atoms in total. The molecule has 1 aliphatic carbocycles. The maximum Gasteiger partial charge on any atom is 0.237 e. The molecule has 1 aliphatic heterocycles. The number of carbonyl (C=O) groups is 1. The molecule has 0 bridgehead atoms. The fourth-order valence-electron chi connectivity index (χ4n) is 2.75. The van der Waals surface area contributed by atoms with Gasteiger partial charge in [-0.1, -0.05) is 19.3 Å². The van der Waals surface area contributed by atoms with Crippen LogP contribution in [0.25, 0.3) is 0 Å². The van der Waals surface area contributed by atoms with Crippen LogP contribution in [0.3, 0.4) is 0 Å². The number of nitrogens with one attached hydrogen (secondary N) is 1. The van der Waals surface area contributed by atoms with Crippen molar-refractivity contribution in [3.05, 3.63) is 0 Å². The van der Waals surface area contributed by atoms with E-state index in [1.807, 2.05) is 0 Å². The summed E-state index contributed by atoms with van der Waals surface area (Å²) in [6.45, 7) is 3.65. The van der Waals surface area contributed by atoms with Gasteiger partial charge >= 0.3 is 0 Å². The molecule has 1 atom stereocenters. The molecular formula is C11H20N2O. The zero-order valence-electron chi connectivity index (χ0n) is 8.96. The second kappa shape index (κ2) is 4.30. The predicted molar refractivity (Wildman–Crippen MR) is 56.1 cm³/mol. The minimum Gasteiger partial charge on any atom is -0.335 e. The quantitative estimate of drug-likeness (QED) is 0.682. The van der Waals surface area contributed by atoms with Crippen LogP contribution in [0.15, 0.2) is 0 Å². The zero-order valence-corrected chi connectivity index (χ0v) is 8.96. The molecule has 0 aromatic carbocycles. The smallest absolute Gasteiger partial charge is 0.237 e. The molecule has 1 unspecified atom stereocenters. The first-order chi connectivity index (χ1) is 6.79. The van der Waals surface area contributed by atoms with Gasteiger partial charge in [-0.2, -0.15) is 0 Å². The van der Waals surface area contributed by atoms with Crippen molar-refractivity contribution in [3.63, 3.8) is 0 Å². The summed E-state index contributed by atoms with van der Waals surface area (Å²) in [6.07, 6.45) is 6.39. The summed E-state index contributed by atoms with van der Waals surface area (Å²) in [5.74, 6) is 0.302. The van der Waals surface area contributed by atoms with E-state index >= 15 is 0 Å². The summed E-state index contributed by atoms with van der Waals surface area (Å²) < 4.78 is 0. The van der Waals surface area contributed by atoms with Gasteiger partial charge < -0.3 is 10.2 Å². The third-order valence-electron chi connectivity index (χ3n) is 3.45. The number of hydrogen-bond acceptors (Lipinski definition) is 2. The molecule has 14 heavy (non-hydrogen) atoms. The van der Waals surface area contributed by atoms with Gasteiger partial charge in [-0.05, 0) is 19.8 Å². The summed E-state index contributed by atoms with van der Waals surface area (Å²) in [6, 6.07) is 0.924. The van der Waals surface area contributed by atoms with Gasteiger partial charge in [0.2, 0.25) is 5.91 Å². The Balaban J connectivity index is 2.01. The average molecular weight is 196 g/mol. The van der Waals surface area contributed by atoms with Crippen LogP contribution in [0.5, 0.6) is 0 Å². The van der Waals surface area contributed by atoms with Gasteiger partial charge in [0, 0.05) is 18.6 Å². The molecule has 1 N–H and O–H groups in total. The van der Waals surface area contributed by atoms with E-state index in [2.05, 4.69) is 17.1 Å². The van der Waals surface area contributed by atoms with E-state index in [0.29, 0.717) is 24.5 Å². The van der Waals surface area contributed by atoms with E-state index < -0.39 is 0 Å². The first-order valence-corrected chi connectivity index (χ1v) is 5.81. The minimum atomic E-state index is 0.302. The van der Waals surface area contributed by atoms with Gasteiger partial charge in [0.05, 0.1) is 6.54 Å². The SMILES string of the molecule is CC1CNCC(=O)N1C1CCCCC1. The summed E-state index contributed by atoms with van der Waals surface area (Å²) in [5, 5.41) is 3.16. The minimum absolute atomic E-state index is 0.302. The molecule has 3 heteroatoms. The monoisotopic (exact) mass is 196 g/mol. The second-order valence-corrected chi connectivity index (χ2v) is 4.57. The molecule has 0 spiro atoms. The van der Waals surface area contributed by atoms with Crippen LogP contribution >= 0.6 is 0 Å². The Bertz CT molecular complexity index is 211. The van der Waals surface area contributed by atoms with Crippen molar-refractivity contribution in [2.75, 3.05) is 13.1 Å². The molecule has 1 saturated carbocycles. The molecule has 1 amide bonds. The Labute approximate surface area is 85.8 Å². The first-order valence-electron chi connectivity index (χ1n) is 5.81. The Kier molecular flexibility index (Phi) is 3.06. The van der Waals surface area contributed by atoms with E-state index in [-0.39, 0.29) is 0 Å². The fraction of sp³-hybridized carbons (Fsp3) is 0.909. The lowest BCUT2D eigenvalue weighted by Crippen LogP contribution is -2.57. The highest BCUT2D eigenvalue weighted by Crippen LogP contribution is 2.24. The van der Waals surface area contributed by atoms with Gasteiger partial charge in [-0.15, -0.1) is 0 Å². The molecule has 0 aromatic rings. The highest BCUT2D eigenvalue weighted by molar-refractivity contribution is 5.79. The average Bonchev–Trinajstić information content (AvgIpc) is 2.19. The van der Waals surface area contributed by atoms with Crippen molar-refractivity contribution in [3.8, 4) is 0 Å². The number of nitrogens with zero attached hydrogens (tertiary/aromatic N) is 1.